The summed E-state index contributed by atoms with van der Waals surface area (Å²) in [5.41, 5.74) is 8.25. The smallest absolute Gasteiger partial charge is 0.160 e. The van der Waals surface area contributed by atoms with Crippen molar-refractivity contribution < 1.29 is 8.78 Å². The van der Waals surface area contributed by atoms with Gasteiger partial charge in [0.15, 0.2) is 11.6 Å². The predicted octanol–water partition coefficient (Wildman–Crippen LogP) is 6.01. The fourth-order valence-electron chi connectivity index (χ4n) is 2.08. The Morgan fingerprint density at radius 2 is 1.81 bits per heavy atom. The lowest BCUT2D eigenvalue weighted by molar-refractivity contribution is 0.508. The van der Waals surface area contributed by atoms with Crippen LogP contribution in [0.15, 0.2) is 46.0 Å². The van der Waals surface area contributed by atoms with E-state index in [4.69, 9.17) is 5.73 Å². The molecule has 2 rings (SSSR count). The maximum absolute atomic E-state index is 13.4. The van der Waals surface area contributed by atoms with Gasteiger partial charge in [-0.2, -0.15) is 0 Å². The number of allylic oxidation sites excluding steroid dienone is 2. The normalized spacial score (nSPS) is 15.9. The van der Waals surface area contributed by atoms with Gasteiger partial charge in [-0.25, -0.2) is 13.8 Å². The molecule has 1 aromatic rings. The molecule has 0 unspecified atom stereocenters. The third kappa shape index (κ3) is 6.90. The van der Waals surface area contributed by atoms with Crippen molar-refractivity contribution in [2.45, 2.75) is 53.9 Å². The largest absolute Gasteiger partial charge is 0.383 e. The fraction of sp³-hybridized carbons (Fsp3) is 0.429. The highest BCUT2D eigenvalue weighted by Gasteiger charge is 2.13. The molecule has 142 valence electrons. The zero-order chi connectivity index (χ0) is 19.7. The van der Waals surface area contributed by atoms with Crippen LogP contribution < -0.4 is 5.73 Å². The molecule has 1 saturated carbocycles. The number of nitrogens with two attached hydrogens (primary N) is 1. The molecule has 0 spiro atoms. The second-order valence-electron chi connectivity index (χ2n) is 6.35. The van der Waals surface area contributed by atoms with Crippen LogP contribution in [-0.4, -0.2) is 11.5 Å². The molecule has 1 fully saturated rings. The molecule has 0 heterocycles. The SMILES string of the molecule is CC1CC1.C\C=C/N=C(N)/C(=C\C)C(CC)=Nc1cc(F)c(F)cc1C. The summed E-state index contributed by atoms with van der Waals surface area (Å²) in [5.74, 6) is -0.381. The van der Waals surface area contributed by atoms with Crippen LogP contribution in [0, 0.1) is 24.5 Å². The molecule has 26 heavy (non-hydrogen) atoms. The average Bonchev–Trinajstić information content (AvgIpc) is 3.39. The Hall–Kier alpha value is -2.30. The Labute approximate surface area is 155 Å². The van der Waals surface area contributed by atoms with Gasteiger partial charge in [-0.3, -0.25) is 4.99 Å². The van der Waals surface area contributed by atoms with Crippen LogP contribution in [0.1, 0.15) is 52.5 Å². The van der Waals surface area contributed by atoms with Crippen molar-refractivity contribution >= 4 is 17.2 Å². The molecule has 2 N–H and O–H groups in total. The highest BCUT2D eigenvalue weighted by Crippen LogP contribution is 2.26. The number of amidine groups is 1. The summed E-state index contributed by atoms with van der Waals surface area (Å²) in [6.07, 6.45) is 8.72. The second kappa shape index (κ2) is 10.6. The van der Waals surface area contributed by atoms with E-state index in [0.29, 0.717) is 34.8 Å². The average molecular weight is 361 g/mol. The Morgan fingerprint density at radius 3 is 2.27 bits per heavy atom. The minimum atomic E-state index is -0.919. The predicted molar refractivity (Wildman–Crippen MR) is 107 cm³/mol. The van der Waals surface area contributed by atoms with Crippen LogP contribution in [0.25, 0.3) is 0 Å². The van der Waals surface area contributed by atoms with Crippen LogP contribution in [0.2, 0.25) is 0 Å². The number of hydrogen-bond donors (Lipinski definition) is 1. The first-order chi connectivity index (χ1) is 12.3. The molecular formula is C21H29F2N3. The highest BCUT2D eigenvalue weighted by atomic mass is 19.2. The molecule has 0 saturated heterocycles. The van der Waals surface area contributed by atoms with E-state index in [1.54, 1.807) is 25.3 Å². The van der Waals surface area contributed by atoms with E-state index in [0.717, 1.165) is 18.1 Å². The van der Waals surface area contributed by atoms with Gasteiger partial charge < -0.3 is 5.73 Å². The van der Waals surface area contributed by atoms with E-state index in [2.05, 4.69) is 16.9 Å². The standard InChI is InChI=1S/C17H21F2N3.C4H8/c1-5-8-21-17(20)12(6-2)15(7-3)22-16-10-14(19)13(18)9-11(16)4;1-4-2-3-4/h5-6,8-10H,7H2,1-4H3,(H2,20,21);4H,2-3H2,1H3/b8-5-,12-6-,22-15?;. The van der Waals surface area contributed by atoms with E-state index < -0.39 is 11.6 Å². The van der Waals surface area contributed by atoms with Crippen LogP contribution in [0.4, 0.5) is 14.5 Å². The molecule has 0 aliphatic heterocycles. The topological polar surface area (TPSA) is 50.7 Å². The number of aryl methyl sites for hydroxylation is 1. The third-order valence-corrected chi connectivity index (χ3v) is 3.93. The summed E-state index contributed by atoms with van der Waals surface area (Å²) in [6.45, 7) is 9.55. The zero-order valence-corrected chi connectivity index (χ0v) is 16.3. The first-order valence-electron chi connectivity index (χ1n) is 8.98. The molecule has 0 amide bonds. The zero-order valence-electron chi connectivity index (χ0n) is 16.3. The Bertz CT molecular complexity index is 727. The van der Waals surface area contributed by atoms with Gasteiger partial charge in [0.2, 0.25) is 0 Å². The van der Waals surface area contributed by atoms with E-state index in [1.165, 1.54) is 12.8 Å². The number of rotatable bonds is 5. The van der Waals surface area contributed by atoms with Gasteiger partial charge in [0.1, 0.15) is 5.84 Å². The van der Waals surface area contributed by atoms with Gasteiger partial charge >= 0.3 is 0 Å². The first-order valence-corrected chi connectivity index (χ1v) is 8.98. The van der Waals surface area contributed by atoms with E-state index in [9.17, 15) is 8.78 Å². The van der Waals surface area contributed by atoms with Crippen molar-refractivity contribution in [3.63, 3.8) is 0 Å². The molecule has 5 heteroatoms. The molecule has 1 aliphatic rings. The third-order valence-electron chi connectivity index (χ3n) is 3.93. The van der Waals surface area contributed by atoms with Crippen LogP contribution in [-0.2, 0) is 0 Å². The molecule has 1 aromatic carbocycles. The summed E-state index contributed by atoms with van der Waals surface area (Å²) in [5, 5.41) is 0. The maximum atomic E-state index is 13.4. The van der Waals surface area contributed by atoms with Gasteiger partial charge in [-0.05, 0) is 44.7 Å². The fourth-order valence-corrected chi connectivity index (χ4v) is 2.08. The quantitative estimate of drug-likeness (QED) is 0.507. The van der Waals surface area contributed by atoms with Crippen LogP contribution in [0.3, 0.4) is 0 Å². The van der Waals surface area contributed by atoms with E-state index in [-0.39, 0.29) is 0 Å². The summed E-state index contributed by atoms with van der Waals surface area (Å²) in [7, 11) is 0. The molecule has 0 radical (unpaired) electrons. The molecule has 0 aromatic heterocycles. The van der Waals surface area contributed by atoms with Crippen LogP contribution in [0.5, 0.6) is 0 Å². The lowest BCUT2D eigenvalue weighted by atomic mass is 10.1. The molecule has 0 atom stereocenters. The number of nitrogens with zero attached hydrogens (tertiary/aromatic N) is 2. The number of halogens is 2. The lowest BCUT2D eigenvalue weighted by Crippen LogP contribution is -2.20. The molecular weight excluding hydrogens is 332 g/mol. The molecule has 0 bridgehead atoms. The van der Waals surface area contributed by atoms with Gasteiger partial charge in [-0.1, -0.05) is 38.8 Å². The summed E-state index contributed by atoms with van der Waals surface area (Å²) in [4.78, 5) is 8.54. The monoisotopic (exact) mass is 361 g/mol. The Balaban J connectivity index is 0.000000739. The summed E-state index contributed by atoms with van der Waals surface area (Å²) in [6, 6.07) is 2.22. The number of hydrogen-bond acceptors (Lipinski definition) is 2. The Kier molecular flexibility index (Phi) is 8.90. The van der Waals surface area contributed by atoms with Gasteiger partial charge in [0.05, 0.1) is 11.4 Å². The minimum absolute atomic E-state index is 0.335. The van der Waals surface area contributed by atoms with Crippen LogP contribution >= 0.6 is 0 Å². The van der Waals surface area contributed by atoms with Gasteiger partial charge in [-0.15, -0.1) is 0 Å². The van der Waals surface area contributed by atoms with Crippen molar-refractivity contribution in [1.82, 2.24) is 0 Å². The highest BCUT2D eigenvalue weighted by molar-refractivity contribution is 6.23. The minimum Gasteiger partial charge on any atom is -0.383 e. The Morgan fingerprint density at radius 1 is 1.23 bits per heavy atom. The van der Waals surface area contributed by atoms with E-state index in [1.807, 2.05) is 20.8 Å². The van der Waals surface area contributed by atoms with Crippen molar-refractivity contribution in [3.05, 3.63) is 53.3 Å². The summed E-state index contributed by atoms with van der Waals surface area (Å²) >= 11 is 0. The lowest BCUT2D eigenvalue weighted by Gasteiger charge is -2.10. The van der Waals surface area contributed by atoms with E-state index >= 15 is 0 Å². The number of benzene rings is 1. The van der Waals surface area contributed by atoms with Crippen molar-refractivity contribution in [2.75, 3.05) is 0 Å². The second-order valence-corrected chi connectivity index (χ2v) is 6.35. The van der Waals surface area contributed by atoms with Gasteiger partial charge in [0.25, 0.3) is 0 Å². The first kappa shape index (κ1) is 21.7. The maximum Gasteiger partial charge on any atom is 0.160 e. The van der Waals surface area contributed by atoms with Gasteiger partial charge in [0, 0.05) is 17.8 Å². The molecule has 3 nitrogen and oxygen atoms in total. The summed E-state index contributed by atoms with van der Waals surface area (Å²) < 4.78 is 26.6. The number of aliphatic imine (C=N–C) groups is 2. The van der Waals surface area contributed by atoms with Crippen molar-refractivity contribution in [2.24, 2.45) is 21.6 Å². The van der Waals surface area contributed by atoms with Crippen molar-refractivity contribution in [3.8, 4) is 0 Å². The van der Waals surface area contributed by atoms with Crippen molar-refractivity contribution in [1.29, 1.82) is 0 Å². The molecule has 1 aliphatic carbocycles.